The van der Waals surface area contributed by atoms with Gasteiger partial charge in [0.1, 0.15) is 5.75 Å². The number of ether oxygens (including phenoxy) is 1. The third kappa shape index (κ3) is 7.19. The molecular weight excluding hydrogens is 346 g/mol. The second-order valence-corrected chi connectivity index (χ2v) is 6.00. The van der Waals surface area contributed by atoms with Gasteiger partial charge < -0.3 is 20.3 Å². The van der Waals surface area contributed by atoms with Crippen molar-refractivity contribution in [3.8, 4) is 5.75 Å². The van der Waals surface area contributed by atoms with Crippen LogP contribution in [0.1, 0.15) is 12.5 Å². The van der Waals surface area contributed by atoms with Crippen molar-refractivity contribution in [1.82, 2.24) is 10.2 Å². The maximum Gasteiger partial charge on any atom is 0.258 e. The van der Waals surface area contributed by atoms with E-state index in [-0.39, 0.29) is 30.9 Å². The first-order valence-corrected chi connectivity index (χ1v) is 8.49. The molecule has 0 saturated heterocycles. The summed E-state index contributed by atoms with van der Waals surface area (Å²) in [6, 6.07) is 16.2. The predicted octanol–water partition coefficient (Wildman–Crippen LogP) is 1.80. The third-order valence-corrected chi connectivity index (χ3v) is 3.73. The van der Waals surface area contributed by atoms with Gasteiger partial charge in [-0.1, -0.05) is 30.3 Å². The van der Waals surface area contributed by atoms with Crippen LogP contribution in [-0.4, -0.2) is 42.8 Å². The van der Waals surface area contributed by atoms with Crippen LogP contribution in [0.5, 0.6) is 5.75 Å². The molecular formula is C20H23N3O4. The molecule has 142 valence electrons. The minimum absolute atomic E-state index is 0.0372. The Morgan fingerprint density at radius 2 is 1.74 bits per heavy atom. The smallest absolute Gasteiger partial charge is 0.258 e. The molecule has 0 aliphatic rings. The number of rotatable bonds is 8. The van der Waals surface area contributed by atoms with Crippen molar-refractivity contribution in [1.29, 1.82) is 0 Å². The quantitative estimate of drug-likeness (QED) is 0.743. The zero-order valence-corrected chi connectivity index (χ0v) is 15.4. The van der Waals surface area contributed by atoms with Crippen LogP contribution in [0.2, 0.25) is 0 Å². The lowest BCUT2D eigenvalue weighted by Gasteiger charge is -2.15. The Labute approximate surface area is 158 Å². The number of carbonyl (C=O) groups excluding carboxylic acids is 3. The molecule has 0 aliphatic carbocycles. The number of carbonyl (C=O) groups is 3. The maximum atomic E-state index is 12.0. The molecule has 0 radical (unpaired) electrons. The SMILES string of the molecule is CC(=O)N(C)Cc1cccc(NC(=O)CNC(=O)COc2ccccc2)c1. The second-order valence-electron chi connectivity index (χ2n) is 6.00. The Kier molecular flexibility index (Phi) is 7.37. The molecule has 7 nitrogen and oxygen atoms in total. The van der Waals surface area contributed by atoms with Crippen LogP contribution in [-0.2, 0) is 20.9 Å². The van der Waals surface area contributed by atoms with E-state index in [4.69, 9.17) is 4.74 Å². The van der Waals surface area contributed by atoms with Crippen LogP contribution in [0.3, 0.4) is 0 Å². The summed E-state index contributed by atoms with van der Waals surface area (Å²) in [6.07, 6.45) is 0. The Hall–Kier alpha value is -3.35. The highest BCUT2D eigenvalue weighted by Gasteiger charge is 2.08. The number of nitrogens with one attached hydrogen (secondary N) is 2. The number of anilines is 1. The largest absolute Gasteiger partial charge is 0.484 e. The highest BCUT2D eigenvalue weighted by molar-refractivity contribution is 5.94. The topological polar surface area (TPSA) is 87.7 Å². The summed E-state index contributed by atoms with van der Waals surface area (Å²) >= 11 is 0. The van der Waals surface area contributed by atoms with Crippen LogP contribution in [0, 0.1) is 0 Å². The molecule has 27 heavy (non-hydrogen) atoms. The van der Waals surface area contributed by atoms with Crippen molar-refractivity contribution in [2.45, 2.75) is 13.5 Å². The monoisotopic (exact) mass is 369 g/mol. The maximum absolute atomic E-state index is 12.0. The van der Waals surface area contributed by atoms with Crippen LogP contribution >= 0.6 is 0 Å². The lowest BCUT2D eigenvalue weighted by atomic mass is 10.2. The minimum atomic E-state index is -0.383. The van der Waals surface area contributed by atoms with Crippen LogP contribution < -0.4 is 15.4 Å². The highest BCUT2D eigenvalue weighted by atomic mass is 16.5. The lowest BCUT2D eigenvalue weighted by Crippen LogP contribution is -2.35. The van der Waals surface area contributed by atoms with E-state index < -0.39 is 0 Å². The van der Waals surface area contributed by atoms with Gasteiger partial charge in [0.2, 0.25) is 11.8 Å². The van der Waals surface area contributed by atoms with E-state index in [0.717, 1.165) is 5.56 Å². The third-order valence-electron chi connectivity index (χ3n) is 3.73. The van der Waals surface area contributed by atoms with Crippen molar-refractivity contribution >= 4 is 23.4 Å². The van der Waals surface area contributed by atoms with E-state index in [2.05, 4.69) is 10.6 Å². The zero-order valence-electron chi connectivity index (χ0n) is 15.4. The molecule has 2 rings (SSSR count). The normalized spacial score (nSPS) is 10.0. The van der Waals surface area contributed by atoms with Crippen LogP contribution in [0.25, 0.3) is 0 Å². The molecule has 0 unspecified atom stereocenters. The van der Waals surface area contributed by atoms with E-state index >= 15 is 0 Å². The number of para-hydroxylation sites is 1. The van der Waals surface area contributed by atoms with Gasteiger partial charge in [-0.3, -0.25) is 14.4 Å². The Bertz CT molecular complexity index is 793. The standard InChI is InChI=1S/C20H23N3O4/c1-15(24)23(2)13-16-7-6-8-17(11-16)22-19(25)12-21-20(26)14-27-18-9-4-3-5-10-18/h3-11H,12-14H2,1-2H3,(H,21,26)(H,22,25). The Morgan fingerprint density at radius 1 is 1.00 bits per heavy atom. The molecule has 7 heteroatoms. The highest BCUT2D eigenvalue weighted by Crippen LogP contribution is 2.12. The van der Waals surface area contributed by atoms with Gasteiger partial charge in [-0.05, 0) is 29.8 Å². The van der Waals surface area contributed by atoms with Crippen molar-refractivity contribution < 1.29 is 19.1 Å². The average Bonchev–Trinajstić information content (AvgIpc) is 2.65. The van der Waals surface area contributed by atoms with Gasteiger partial charge in [0.15, 0.2) is 6.61 Å². The molecule has 0 heterocycles. The van der Waals surface area contributed by atoms with Crippen molar-refractivity contribution in [2.75, 3.05) is 25.5 Å². The number of hydrogen-bond donors (Lipinski definition) is 2. The fourth-order valence-electron chi connectivity index (χ4n) is 2.23. The number of benzene rings is 2. The zero-order chi connectivity index (χ0) is 19.6. The second kappa shape index (κ2) is 9.96. The number of hydrogen-bond acceptors (Lipinski definition) is 4. The summed E-state index contributed by atoms with van der Waals surface area (Å²) in [5.74, 6) is -0.180. The molecule has 3 amide bonds. The first-order chi connectivity index (χ1) is 12.9. The van der Waals surface area contributed by atoms with E-state index in [1.54, 1.807) is 42.3 Å². The summed E-state index contributed by atoms with van der Waals surface area (Å²) in [4.78, 5) is 36.6. The first kappa shape index (κ1) is 20.0. The van der Waals surface area contributed by atoms with Gasteiger partial charge in [0, 0.05) is 26.2 Å². The Balaban J connectivity index is 1.76. The van der Waals surface area contributed by atoms with E-state index in [1.165, 1.54) is 6.92 Å². The number of amides is 3. The summed E-state index contributed by atoms with van der Waals surface area (Å²) in [7, 11) is 1.71. The molecule has 2 N–H and O–H groups in total. The molecule has 0 saturated carbocycles. The van der Waals surface area contributed by atoms with Crippen molar-refractivity contribution in [3.63, 3.8) is 0 Å². The molecule has 0 aromatic heterocycles. The average molecular weight is 369 g/mol. The van der Waals surface area contributed by atoms with Crippen LogP contribution in [0.4, 0.5) is 5.69 Å². The molecule has 0 bridgehead atoms. The molecule has 2 aromatic carbocycles. The van der Waals surface area contributed by atoms with Gasteiger partial charge in [-0.25, -0.2) is 0 Å². The van der Waals surface area contributed by atoms with Gasteiger partial charge in [-0.15, -0.1) is 0 Å². The predicted molar refractivity (Wildman–Crippen MR) is 102 cm³/mol. The van der Waals surface area contributed by atoms with Crippen molar-refractivity contribution in [2.24, 2.45) is 0 Å². The van der Waals surface area contributed by atoms with Crippen molar-refractivity contribution in [3.05, 3.63) is 60.2 Å². The van der Waals surface area contributed by atoms with Crippen LogP contribution in [0.15, 0.2) is 54.6 Å². The summed E-state index contributed by atoms with van der Waals surface area (Å²) < 4.78 is 5.31. The summed E-state index contributed by atoms with van der Waals surface area (Å²) in [5, 5.41) is 5.22. The van der Waals surface area contributed by atoms with Gasteiger partial charge in [-0.2, -0.15) is 0 Å². The van der Waals surface area contributed by atoms with E-state index in [0.29, 0.717) is 18.0 Å². The van der Waals surface area contributed by atoms with Gasteiger partial charge in [0.05, 0.1) is 6.54 Å². The minimum Gasteiger partial charge on any atom is -0.484 e. The number of nitrogens with zero attached hydrogens (tertiary/aromatic N) is 1. The molecule has 0 atom stereocenters. The molecule has 0 fully saturated rings. The fourth-order valence-corrected chi connectivity index (χ4v) is 2.23. The first-order valence-electron chi connectivity index (χ1n) is 8.49. The van der Waals surface area contributed by atoms with Gasteiger partial charge in [0.25, 0.3) is 5.91 Å². The molecule has 0 aliphatic heterocycles. The summed E-state index contributed by atoms with van der Waals surface area (Å²) in [6.45, 7) is 1.63. The van der Waals surface area contributed by atoms with E-state index in [1.807, 2.05) is 24.3 Å². The fraction of sp³-hybridized carbons (Fsp3) is 0.250. The Morgan fingerprint density at radius 3 is 2.44 bits per heavy atom. The lowest BCUT2D eigenvalue weighted by molar-refractivity contribution is -0.128. The summed E-state index contributed by atoms with van der Waals surface area (Å²) in [5.41, 5.74) is 1.50. The molecule has 2 aromatic rings. The molecule has 0 spiro atoms. The van der Waals surface area contributed by atoms with Gasteiger partial charge >= 0.3 is 0 Å². The van der Waals surface area contributed by atoms with E-state index in [9.17, 15) is 14.4 Å².